The molecule has 7 nitrogen and oxygen atoms in total. The molecule has 2 amide bonds. The molecule has 0 saturated carbocycles. The quantitative estimate of drug-likeness (QED) is 0.767. The van der Waals surface area contributed by atoms with Gasteiger partial charge in [0.1, 0.15) is 12.1 Å². The van der Waals surface area contributed by atoms with E-state index in [4.69, 9.17) is 4.74 Å². The molecule has 1 aromatic heterocycles. The highest BCUT2D eigenvalue weighted by molar-refractivity contribution is 5.95. The lowest BCUT2D eigenvalue weighted by atomic mass is 10.2. The van der Waals surface area contributed by atoms with Gasteiger partial charge in [0.15, 0.2) is 0 Å². The lowest BCUT2D eigenvalue weighted by molar-refractivity contribution is -0.121. The summed E-state index contributed by atoms with van der Waals surface area (Å²) in [6.45, 7) is 6.12. The van der Waals surface area contributed by atoms with Crippen molar-refractivity contribution in [3.05, 3.63) is 18.5 Å². The third-order valence-corrected chi connectivity index (χ3v) is 2.67. The van der Waals surface area contributed by atoms with Gasteiger partial charge >= 0.3 is 6.09 Å². The number of carbonyl (C=O) groups excluding carboxylic acids is 2. The van der Waals surface area contributed by atoms with E-state index in [1.54, 1.807) is 39.2 Å². The zero-order valence-corrected chi connectivity index (χ0v) is 11.9. The molecule has 0 N–H and O–H groups in total. The summed E-state index contributed by atoms with van der Waals surface area (Å²) in [6, 6.07) is 1.69. The van der Waals surface area contributed by atoms with Gasteiger partial charge in [0, 0.05) is 25.5 Å². The van der Waals surface area contributed by atoms with Crippen LogP contribution in [0.2, 0.25) is 0 Å². The number of ether oxygens (including phenoxy) is 1. The molecule has 0 spiro atoms. The predicted molar refractivity (Wildman–Crippen MR) is 72.2 cm³/mol. The Balaban J connectivity index is 1.99. The second kappa shape index (κ2) is 5.44. The van der Waals surface area contributed by atoms with Gasteiger partial charge in [-0.25, -0.2) is 14.8 Å². The van der Waals surface area contributed by atoms with E-state index < -0.39 is 11.7 Å². The molecule has 2 heterocycles. The van der Waals surface area contributed by atoms with Crippen molar-refractivity contribution in [2.24, 2.45) is 0 Å². The van der Waals surface area contributed by atoms with Crippen molar-refractivity contribution in [1.82, 2.24) is 14.9 Å². The van der Waals surface area contributed by atoms with Gasteiger partial charge in [-0.1, -0.05) is 0 Å². The topological polar surface area (TPSA) is 75.6 Å². The monoisotopic (exact) mass is 278 g/mol. The van der Waals surface area contributed by atoms with Crippen molar-refractivity contribution in [1.29, 1.82) is 0 Å². The molecule has 1 aliphatic rings. The van der Waals surface area contributed by atoms with Gasteiger partial charge < -0.3 is 4.74 Å². The van der Waals surface area contributed by atoms with E-state index in [9.17, 15) is 9.59 Å². The molecule has 108 valence electrons. The minimum atomic E-state index is -0.570. The lowest BCUT2D eigenvalue weighted by Crippen LogP contribution is -2.53. The van der Waals surface area contributed by atoms with Gasteiger partial charge in [0.05, 0.1) is 0 Å². The molecular weight excluding hydrogens is 260 g/mol. The number of amides is 2. The van der Waals surface area contributed by atoms with Crippen LogP contribution < -0.4 is 4.90 Å². The number of anilines is 1. The van der Waals surface area contributed by atoms with Crippen molar-refractivity contribution >= 4 is 17.9 Å². The van der Waals surface area contributed by atoms with Gasteiger partial charge in [-0.05, 0) is 26.8 Å². The van der Waals surface area contributed by atoms with Crippen molar-refractivity contribution in [3.63, 3.8) is 0 Å². The van der Waals surface area contributed by atoms with Crippen LogP contribution in [0.1, 0.15) is 20.8 Å². The molecule has 20 heavy (non-hydrogen) atoms. The van der Waals surface area contributed by atoms with Gasteiger partial charge in [-0.15, -0.1) is 0 Å². The summed E-state index contributed by atoms with van der Waals surface area (Å²) >= 11 is 0. The Morgan fingerprint density at radius 2 is 1.90 bits per heavy atom. The smallest absolute Gasteiger partial charge is 0.410 e. The van der Waals surface area contributed by atoms with Crippen molar-refractivity contribution in [2.45, 2.75) is 26.4 Å². The Bertz CT molecular complexity index is 498. The molecule has 0 aromatic carbocycles. The minimum absolute atomic E-state index is 0.0207. The maximum atomic E-state index is 12.1. The molecule has 0 atom stereocenters. The maximum absolute atomic E-state index is 12.1. The summed E-state index contributed by atoms with van der Waals surface area (Å²) in [4.78, 5) is 34.9. The highest BCUT2D eigenvalue weighted by Crippen LogP contribution is 2.14. The molecule has 2 rings (SSSR count). The second-order valence-electron chi connectivity index (χ2n) is 5.50. The summed E-state index contributed by atoms with van der Waals surface area (Å²) < 4.78 is 5.25. The van der Waals surface area contributed by atoms with Crippen LogP contribution in [-0.2, 0) is 9.53 Å². The molecule has 1 aromatic rings. The second-order valence-corrected chi connectivity index (χ2v) is 5.50. The molecule has 1 fully saturated rings. The molecule has 0 aliphatic carbocycles. The first-order valence-electron chi connectivity index (χ1n) is 6.42. The summed E-state index contributed by atoms with van der Waals surface area (Å²) in [5, 5.41) is 0. The first-order valence-corrected chi connectivity index (χ1v) is 6.42. The highest BCUT2D eigenvalue weighted by atomic mass is 16.6. The van der Waals surface area contributed by atoms with Gasteiger partial charge in [0.2, 0.25) is 11.9 Å². The van der Waals surface area contributed by atoms with E-state index in [0.29, 0.717) is 19.0 Å². The largest absolute Gasteiger partial charge is 0.444 e. The number of hydrogen-bond donors (Lipinski definition) is 0. The van der Waals surface area contributed by atoms with E-state index in [2.05, 4.69) is 9.97 Å². The highest BCUT2D eigenvalue weighted by Gasteiger charge is 2.31. The van der Waals surface area contributed by atoms with Crippen molar-refractivity contribution in [3.8, 4) is 0 Å². The van der Waals surface area contributed by atoms with Crippen LogP contribution in [0.4, 0.5) is 10.7 Å². The van der Waals surface area contributed by atoms with Crippen molar-refractivity contribution in [2.75, 3.05) is 24.5 Å². The average molecular weight is 278 g/mol. The number of nitrogens with zero attached hydrogens (tertiary/aromatic N) is 4. The molecule has 1 aliphatic heterocycles. The van der Waals surface area contributed by atoms with E-state index >= 15 is 0 Å². The molecule has 1 saturated heterocycles. The van der Waals surface area contributed by atoms with Crippen LogP contribution in [0.5, 0.6) is 0 Å². The van der Waals surface area contributed by atoms with E-state index in [1.165, 1.54) is 9.80 Å². The number of carbonyl (C=O) groups is 2. The lowest BCUT2D eigenvalue weighted by Gasteiger charge is -2.34. The summed E-state index contributed by atoms with van der Waals surface area (Å²) in [7, 11) is 0. The van der Waals surface area contributed by atoms with Gasteiger partial charge in [-0.3, -0.25) is 14.6 Å². The van der Waals surface area contributed by atoms with E-state index in [0.717, 1.165) is 0 Å². The summed E-state index contributed by atoms with van der Waals surface area (Å²) in [6.07, 6.45) is 2.69. The molecular formula is C13H18N4O3. The van der Waals surface area contributed by atoms with E-state index in [-0.39, 0.29) is 12.5 Å². The van der Waals surface area contributed by atoms with Gasteiger partial charge in [-0.2, -0.15) is 0 Å². The first-order chi connectivity index (χ1) is 9.37. The average Bonchev–Trinajstić information content (AvgIpc) is 2.37. The SMILES string of the molecule is CC(C)(C)OC(=O)N1CCN(c2ncccn2)C(=O)C1. The third kappa shape index (κ3) is 3.43. The fourth-order valence-corrected chi connectivity index (χ4v) is 1.80. The Hall–Kier alpha value is -2.18. The van der Waals surface area contributed by atoms with Gasteiger partial charge in [0.25, 0.3) is 0 Å². The third-order valence-electron chi connectivity index (χ3n) is 2.67. The molecule has 0 radical (unpaired) electrons. The Morgan fingerprint density at radius 3 is 2.45 bits per heavy atom. The Labute approximate surface area is 117 Å². The first kappa shape index (κ1) is 14.2. The van der Waals surface area contributed by atoms with Crippen LogP contribution in [0.15, 0.2) is 18.5 Å². The number of aromatic nitrogens is 2. The Morgan fingerprint density at radius 1 is 1.25 bits per heavy atom. The fourth-order valence-electron chi connectivity index (χ4n) is 1.80. The standard InChI is InChI=1S/C13H18N4O3/c1-13(2,3)20-12(19)16-7-8-17(10(18)9-16)11-14-5-4-6-15-11/h4-6H,7-9H2,1-3H3. The summed E-state index contributed by atoms with van der Waals surface area (Å²) in [5.41, 5.74) is -0.570. The zero-order chi connectivity index (χ0) is 14.8. The zero-order valence-electron chi connectivity index (χ0n) is 11.9. The maximum Gasteiger partial charge on any atom is 0.410 e. The number of hydrogen-bond acceptors (Lipinski definition) is 5. The number of rotatable bonds is 1. The van der Waals surface area contributed by atoms with Crippen LogP contribution in [-0.4, -0.2) is 52.1 Å². The fraction of sp³-hybridized carbons (Fsp3) is 0.538. The van der Waals surface area contributed by atoms with Crippen LogP contribution in [0.3, 0.4) is 0 Å². The normalized spacial score (nSPS) is 16.2. The van der Waals surface area contributed by atoms with Crippen LogP contribution in [0.25, 0.3) is 0 Å². The van der Waals surface area contributed by atoms with Crippen LogP contribution >= 0.6 is 0 Å². The molecule has 0 bridgehead atoms. The predicted octanol–water partition coefficient (Wildman–Crippen LogP) is 1.06. The van der Waals surface area contributed by atoms with E-state index in [1.807, 2.05) is 0 Å². The summed E-state index contributed by atoms with van der Waals surface area (Å²) in [5.74, 6) is 0.148. The van der Waals surface area contributed by atoms with Crippen molar-refractivity contribution < 1.29 is 14.3 Å². The molecule has 0 unspecified atom stereocenters. The molecule has 7 heteroatoms. The number of piperazine rings is 1. The van der Waals surface area contributed by atoms with Crippen LogP contribution in [0, 0.1) is 0 Å². The Kier molecular flexibility index (Phi) is 3.87. The minimum Gasteiger partial charge on any atom is -0.444 e.